The van der Waals surface area contributed by atoms with E-state index in [4.69, 9.17) is 5.14 Å². The van der Waals surface area contributed by atoms with Crippen molar-refractivity contribution in [2.45, 2.75) is 5.75 Å². The van der Waals surface area contributed by atoms with E-state index in [1.165, 1.54) is 4.80 Å². The normalized spacial score (nSPS) is 11.8. The van der Waals surface area contributed by atoms with E-state index in [0.717, 1.165) is 16.5 Å². The predicted molar refractivity (Wildman–Crippen MR) is 73.5 cm³/mol. The molecule has 0 unspecified atom stereocenters. The molecule has 3 aromatic rings. The highest BCUT2D eigenvalue weighted by Crippen LogP contribution is 2.20. The third-order valence-corrected chi connectivity index (χ3v) is 3.43. The highest BCUT2D eigenvalue weighted by Gasteiger charge is 2.12. The first-order chi connectivity index (χ1) is 9.53. The molecule has 0 radical (unpaired) electrons. The van der Waals surface area contributed by atoms with Crippen LogP contribution in [0.4, 0.5) is 0 Å². The van der Waals surface area contributed by atoms with Gasteiger partial charge in [0.1, 0.15) is 5.75 Å². The van der Waals surface area contributed by atoms with Crippen molar-refractivity contribution >= 4 is 20.8 Å². The van der Waals surface area contributed by atoms with Gasteiger partial charge in [-0.3, -0.25) is 0 Å². The van der Waals surface area contributed by atoms with Gasteiger partial charge in [-0.25, -0.2) is 13.6 Å². The number of tetrazole rings is 1. The summed E-state index contributed by atoms with van der Waals surface area (Å²) >= 11 is 0. The molecule has 102 valence electrons. The van der Waals surface area contributed by atoms with Crippen molar-refractivity contribution in [3.05, 3.63) is 48.3 Å². The van der Waals surface area contributed by atoms with Crippen LogP contribution in [0, 0.1) is 0 Å². The number of nitrogens with two attached hydrogens (primary N) is 1. The Hall–Kier alpha value is -2.32. The summed E-state index contributed by atoms with van der Waals surface area (Å²) in [6.45, 7) is 0. The van der Waals surface area contributed by atoms with E-state index in [1.54, 1.807) is 0 Å². The van der Waals surface area contributed by atoms with Crippen molar-refractivity contribution in [1.29, 1.82) is 0 Å². The van der Waals surface area contributed by atoms with Crippen LogP contribution < -0.4 is 5.14 Å². The smallest absolute Gasteiger partial charge is 0.216 e. The number of rotatable bonds is 3. The van der Waals surface area contributed by atoms with Crippen LogP contribution in [0.15, 0.2) is 42.5 Å². The maximum absolute atomic E-state index is 11.0. The topological polar surface area (TPSA) is 104 Å². The van der Waals surface area contributed by atoms with E-state index >= 15 is 0 Å². The van der Waals surface area contributed by atoms with Crippen molar-refractivity contribution in [2.24, 2.45) is 5.14 Å². The largest absolute Gasteiger partial charge is 0.228 e. The van der Waals surface area contributed by atoms with E-state index in [-0.39, 0.29) is 5.82 Å². The Balaban J connectivity index is 2.08. The number of fused-ring (bicyclic) bond motifs is 1. The first-order valence-electron chi connectivity index (χ1n) is 5.80. The van der Waals surface area contributed by atoms with E-state index in [1.807, 2.05) is 42.5 Å². The average molecular weight is 289 g/mol. The average Bonchev–Trinajstić information content (AvgIpc) is 2.84. The Morgan fingerprint density at radius 2 is 1.85 bits per heavy atom. The second-order valence-electron chi connectivity index (χ2n) is 4.30. The second kappa shape index (κ2) is 4.66. The fourth-order valence-corrected chi connectivity index (χ4v) is 2.44. The number of sulfonamides is 1. The summed E-state index contributed by atoms with van der Waals surface area (Å²) in [5.41, 5.74) is 0.733. The summed E-state index contributed by atoms with van der Waals surface area (Å²) < 4.78 is 22.0. The number of hydrogen-bond donors (Lipinski definition) is 1. The molecule has 7 nitrogen and oxygen atoms in total. The maximum Gasteiger partial charge on any atom is 0.216 e. The van der Waals surface area contributed by atoms with E-state index in [2.05, 4.69) is 15.4 Å². The number of nitrogens with zero attached hydrogens (tertiary/aromatic N) is 4. The Bertz CT molecular complexity index is 867. The standard InChI is InChI=1S/C12H11N5O2S/c13-20(18,19)8-12-14-16-17(15-12)11-7-3-5-9-4-1-2-6-10(9)11/h1-7H,8H2,(H2,13,18,19). The molecule has 0 aliphatic carbocycles. The predicted octanol–water partition coefficient (Wildman–Crippen LogP) is 0.604. The lowest BCUT2D eigenvalue weighted by atomic mass is 10.1. The van der Waals surface area contributed by atoms with Crippen molar-refractivity contribution in [3.63, 3.8) is 0 Å². The number of hydrogen-bond acceptors (Lipinski definition) is 5. The highest BCUT2D eigenvalue weighted by atomic mass is 32.2. The van der Waals surface area contributed by atoms with Gasteiger partial charge < -0.3 is 0 Å². The summed E-state index contributed by atoms with van der Waals surface area (Å²) in [5, 5.41) is 18.6. The summed E-state index contributed by atoms with van der Waals surface area (Å²) in [7, 11) is -3.67. The Morgan fingerprint density at radius 3 is 2.65 bits per heavy atom. The van der Waals surface area contributed by atoms with Crippen LogP contribution >= 0.6 is 0 Å². The van der Waals surface area contributed by atoms with E-state index < -0.39 is 15.8 Å². The fourth-order valence-electron chi connectivity index (χ4n) is 1.97. The van der Waals surface area contributed by atoms with E-state index in [0.29, 0.717) is 0 Å². The molecular weight excluding hydrogens is 278 g/mol. The third-order valence-electron chi connectivity index (χ3n) is 2.77. The molecule has 0 amide bonds. The first-order valence-corrected chi connectivity index (χ1v) is 7.52. The molecule has 20 heavy (non-hydrogen) atoms. The molecule has 0 fully saturated rings. The lowest BCUT2D eigenvalue weighted by Gasteiger charge is -2.03. The van der Waals surface area contributed by atoms with Gasteiger partial charge in [0.15, 0.2) is 5.82 Å². The molecule has 8 heteroatoms. The fraction of sp³-hybridized carbons (Fsp3) is 0.0833. The SMILES string of the molecule is NS(=O)(=O)Cc1nnn(-c2cccc3ccccc23)n1. The van der Waals surface area contributed by atoms with Crippen LogP contribution in [0.25, 0.3) is 16.5 Å². The van der Waals surface area contributed by atoms with Gasteiger partial charge in [0.25, 0.3) is 0 Å². The molecule has 0 atom stereocenters. The lowest BCUT2D eigenvalue weighted by molar-refractivity contribution is 0.595. The van der Waals surface area contributed by atoms with E-state index in [9.17, 15) is 8.42 Å². The summed E-state index contributed by atoms with van der Waals surface area (Å²) in [6, 6.07) is 13.4. The minimum atomic E-state index is -3.67. The number of aromatic nitrogens is 4. The van der Waals surface area contributed by atoms with Crippen LogP contribution in [0.3, 0.4) is 0 Å². The van der Waals surface area contributed by atoms with Crippen molar-refractivity contribution in [1.82, 2.24) is 20.2 Å². The van der Waals surface area contributed by atoms with Gasteiger partial charge in [-0.15, -0.1) is 15.0 Å². The zero-order valence-corrected chi connectivity index (χ0v) is 11.2. The number of primary sulfonamides is 1. The molecular formula is C12H11N5O2S. The maximum atomic E-state index is 11.0. The zero-order valence-electron chi connectivity index (χ0n) is 10.3. The molecule has 1 aromatic heterocycles. The molecule has 0 bridgehead atoms. The van der Waals surface area contributed by atoms with Gasteiger partial charge >= 0.3 is 0 Å². The molecule has 2 N–H and O–H groups in total. The van der Waals surface area contributed by atoms with Crippen LogP contribution in [0.2, 0.25) is 0 Å². The Morgan fingerprint density at radius 1 is 1.10 bits per heavy atom. The van der Waals surface area contributed by atoms with Crippen molar-refractivity contribution in [3.8, 4) is 5.69 Å². The Labute approximate surface area is 115 Å². The lowest BCUT2D eigenvalue weighted by Crippen LogP contribution is -2.15. The minimum absolute atomic E-state index is 0.0698. The molecule has 0 aliphatic heterocycles. The molecule has 0 saturated carbocycles. The van der Waals surface area contributed by atoms with Gasteiger partial charge in [-0.1, -0.05) is 36.4 Å². The highest BCUT2D eigenvalue weighted by molar-refractivity contribution is 7.88. The third kappa shape index (κ3) is 2.51. The van der Waals surface area contributed by atoms with Crippen LogP contribution in [-0.2, 0) is 15.8 Å². The molecule has 0 aliphatic rings. The zero-order chi connectivity index (χ0) is 14.2. The van der Waals surface area contributed by atoms with Crippen molar-refractivity contribution < 1.29 is 8.42 Å². The van der Waals surface area contributed by atoms with Crippen molar-refractivity contribution in [2.75, 3.05) is 0 Å². The summed E-state index contributed by atoms with van der Waals surface area (Å²) in [5.74, 6) is -0.363. The van der Waals surface area contributed by atoms with Gasteiger partial charge in [-0.05, 0) is 16.7 Å². The van der Waals surface area contributed by atoms with Crippen LogP contribution in [0.5, 0.6) is 0 Å². The second-order valence-corrected chi connectivity index (χ2v) is 5.91. The molecule has 3 rings (SSSR count). The molecule has 1 heterocycles. The monoisotopic (exact) mass is 289 g/mol. The number of benzene rings is 2. The van der Waals surface area contributed by atoms with Crippen LogP contribution in [0.1, 0.15) is 5.82 Å². The van der Waals surface area contributed by atoms with Crippen LogP contribution in [-0.4, -0.2) is 28.6 Å². The van der Waals surface area contributed by atoms with Gasteiger partial charge in [-0.2, -0.15) is 0 Å². The molecule has 0 spiro atoms. The quantitative estimate of drug-likeness (QED) is 0.760. The van der Waals surface area contributed by atoms with Gasteiger partial charge in [0.05, 0.1) is 5.69 Å². The molecule has 2 aromatic carbocycles. The van der Waals surface area contributed by atoms with Gasteiger partial charge in [0, 0.05) is 5.39 Å². The minimum Gasteiger partial charge on any atom is -0.228 e. The first kappa shape index (κ1) is 12.7. The molecule has 0 saturated heterocycles. The van der Waals surface area contributed by atoms with Gasteiger partial charge in [0.2, 0.25) is 10.0 Å². The summed E-state index contributed by atoms with van der Waals surface area (Å²) in [6.07, 6.45) is 0. The summed E-state index contributed by atoms with van der Waals surface area (Å²) in [4.78, 5) is 1.31. The Kier molecular flexibility index (Phi) is 2.96.